The molecule has 3 heteroatoms. The summed E-state index contributed by atoms with van der Waals surface area (Å²) in [6, 6.07) is 16.2. The summed E-state index contributed by atoms with van der Waals surface area (Å²) in [6.07, 6.45) is 1.06. The van der Waals surface area contributed by atoms with E-state index in [1.807, 2.05) is 43.4 Å². The Hall–Kier alpha value is -2.00. The van der Waals surface area contributed by atoms with Gasteiger partial charge in [-0.3, -0.25) is 0 Å². The Bertz CT molecular complexity index is 533. The molecule has 0 radical (unpaired) electrons. The molecule has 0 aliphatic carbocycles. The van der Waals surface area contributed by atoms with Crippen molar-refractivity contribution in [2.45, 2.75) is 19.4 Å². The predicted octanol–water partition coefficient (Wildman–Crippen LogP) is 4.16. The maximum absolute atomic E-state index is 5.82. The van der Waals surface area contributed by atoms with Crippen LogP contribution in [-0.2, 0) is 0 Å². The molecule has 0 aromatic heterocycles. The first kappa shape index (κ1) is 14.4. The summed E-state index contributed by atoms with van der Waals surface area (Å²) in [4.78, 5) is 0. The SMILES string of the molecule is CCC(NC)c1ccc(Oc2cccc(OC)c2)cc1. The molecule has 0 fully saturated rings. The van der Waals surface area contributed by atoms with Crippen molar-refractivity contribution in [1.29, 1.82) is 0 Å². The average molecular weight is 271 g/mol. The molecule has 0 aliphatic rings. The van der Waals surface area contributed by atoms with Gasteiger partial charge in [-0.05, 0) is 43.3 Å². The number of nitrogens with one attached hydrogen (secondary N) is 1. The number of benzene rings is 2. The Morgan fingerprint density at radius 3 is 2.30 bits per heavy atom. The zero-order valence-corrected chi connectivity index (χ0v) is 12.2. The predicted molar refractivity (Wildman–Crippen MR) is 81.6 cm³/mol. The fourth-order valence-electron chi connectivity index (χ4n) is 2.18. The summed E-state index contributed by atoms with van der Waals surface area (Å²) in [5.41, 5.74) is 1.27. The van der Waals surface area contributed by atoms with Crippen LogP contribution in [0.1, 0.15) is 24.9 Å². The van der Waals surface area contributed by atoms with Gasteiger partial charge in [-0.1, -0.05) is 25.1 Å². The highest BCUT2D eigenvalue weighted by Gasteiger charge is 2.06. The van der Waals surface area contributed by atoms with E-state index in [2.05, 4.69) is 24.4 Å². The van der Waals surface area contributed by atoms with Gasteiger partial charge in [0.05, 0.1) is 7.11 Å². The van der Waals surface area contributed by atoms with Crippen molar-refractivity contribution in [2.24, 2.45) is 0 Å². The molecule has 0 spiro atoms. The Labute approximate surface area is 120 Å². The van der Waals surface area contributed by atoms with Crippen molar-refractivity contribution in [1.82, 2.24) is 5.32 Å². The highest BCUT2D eigenvalue weighted by atomic mass is 16.5. The van der Waals surface area contributed by atoms with Crippen LogP contribution in [0.3, 0.4) is 0 Å². The van der Waals surface area contributed by atoms with E-state index in [1.54, 1.807) is 7.11 Å². The molecular formula is C17H21NO2. The van der Waals surface area contributed by atoms with Crippen molar-refractivity contribution < 1.29 is 9.47 Å². The molecule has 0 amide bonds. The lowest BCUT2D eigenvalue weighted by atomic mass is 10.0. The Morgan fingerprint density at radius 1 is 1.00 bits per heavy atom. The third-order valence-electron chi connectivity index (χ3n) is 3.32. The molecule has 2 rings (SSSR count). The summed E-state index contributed by atoms with van der Waals surface area (Å²) < 4.78 is 11.0. The first-order valence-corrected chi connectivity index (χ1v) is 6.86. The Morgan fingerprint density at radius 2 is 1.70 bits per heavy atom. The van der Waals surface area contributed by atoms with E-state index in [1.165, 1.54) is 5.56 Å². The molecule has 20 heavy (non-hydrogen) atoms. The lowest BCUT2D eigenvalue weighted by Crippen LogP contribution is -2.14. The van der Waals surface area contributed by atoms with Crippen LogP contribution in [0.4, 0.5) is 0 Å². The van der Waals surface area contributed by atoms with Gasteiger partial charge < -0.3 is 14.8 Å². The lowest BCUT2D eigenvalue weighted by molar-refractivity contribution is 0.409. The fourth-order valence-corrected chi connectivity index (χ4v) is 2.18. The Kier molecular flexibility index (Phi) is 5.02. The molecule has 0 saturated carbocycles. The molecule has 106 valence electrons. The van der Waals surface area contributed by atoms with Crippen LogP contribution in [0.25, 0.3) is 0 Å². The second-order valence-electron chi connectivity index (χ2n) is 4.60. The topological polar surface area (TPSA) is 30.5 Å². The van der Waals surface area contributed by atoms with Crippen LogP contribution in [-0.4, -0.2) is 14.2 Å². The quantitative estimate of drug-likeness (QED) is 0.855. The minimum atomic E-state index is 0.390. The van der Waals surface area contributed by atoms with E-state index >= 15 is 0 Å². The van der Waals surface area contributed by atoms with E-state index in [-0.39, 0.29) is 0 Å². The highest BCUT2D eigenvalue weighted by Crippen LogP contribution is 2.26. The summed E-state index contributed by atoms with van der Waals surface area (Å²) >= 11 is 0. The maximum Gasteiger partial charge on any atom is 0.131 e. The number of hydrogen-bond acceptors (Lipinski definition) is 3. The van der Waals surface area contributed by atoms with Crippen molar-refractivity contribution in [3.63, 3.8) is 0 Å². The molecule has 3 nitrogen and oxygen atoms in total. The van der Waals surface area contributed by atoms with E-state index < -0.39 is 0 Å². The largest absolute Gasteiger partial charge is 0.497 e. The van der Waals surface area contributed by atoms with Crippen molar-refractivity contribution in [3.05, 3.63) is 54.1 Å². The Balaban J connectivity index is 2.10. The average Bonchev–Trinajstić information content (AvgIpc) is 2.50. The summed E-state index contributed by atoms with van der Waals surface area (Å²) in [5.74, 6) is 2.39. The zero-order chi connectivity index (χ0) is 14.4. The number of hydrogen-bond donors (Lipinski definition) is 1. The second-order valence-corrected chi connectivity index (χ2v) is 4.60. The van der Waals surface area contributed by atoms with Crippen LogP contribution >= 0.6 is 0 Å². The van der Waals surface area contributed by atoms with Gasteiger partial charge >= 0.3 is 0 Å². The normalized spacial score (nSPS) is 11.9. The van der Waals surface area contributed by atoms with Gasteiger partial charge in [0.1, 0.15) is 17.2 Å². The third-order valence-corrected chi connectivity index (χ3v) is 3.32. The van der Waals surface area contributed by atoms with Gasteiger partial charge in [-0.2, -0.15) is 0 Å². The molecular weight excluding hydrogens is 250 g/mol. The van der Waals surface area contributed by atoms with E-state index in [4.69, 9.17) is 9.47 Å². The highest BCUT2D eigenvalue weighted by molar-refractivity contribution is 5.37. The van der Waals surface area contributed by atoms with Crippen LogP contribution in [0.15, 0.2) is 48.5 Å². The van der Waals surface area contributed by atoms with Gasteiger partial charge in [0.25, 0.3) is 0 Å². The van der Waals surface area contributed by atoms with Gasteiger partial charge in [-0.25, -0.2) is 0 Å². The maximum atomic E-state index is 5.82. The molecule has 1 N–H and O–H groups in total. The molecule has 2 aromatic carbocycles. The van der Waals surface area contributed by atoms with Gasteiger partial charge in [0, 0.05) is 12.1 Å². The number of methoxy groups -OCH3 is 1. The summed E-state index contributed by atoms with van der Waals surface area (Å²) in [6.45, 7) is 2.17. The van der Waals surface area contributed by atoms with Crippen molar-refractivity contribution >= 4 is 0 Å². The van der Waals surface area contributed by atoms with Gasteiger partial charge in [0.15, 0.2) is 0 Å². The molecule has 0 saturated heterocycles. The van der Waals surface area contributed by atoms with E-state index in [0.29, 0.717) is 6.04 Å². The fraction of sp³-hybridized carbons (Fsp3) is 0.294. The lowest BCUT2D eigenvalue weighted by Gasteiger charge is -2.14. The zero-order valence-electron chi connectivity index (χ0n) is 12.2. The minimum Gasteiger partial charge on any atom is -0.497 e. The summed E-state index contributed by atoms with van der Waals surface area (Å²) in [5, 5.41) is 3.29. The smallest absolute Gasteiger partial charge is 0.131 e. The minimum absolute atomic E-state index is 0.390. The van der Waals surface area contributed by atoms with Crippen molar-refractivity contribution in [3.8, 4) is 17.2 Å². The number of rotatable bonds is 6. The van der Waals surface area contributed by atoms with E-state index in [0.717, 1.165) is 23.7 Å². The number of ether oxygens (including phenoxy) is 2. The first-order chi connectivity index (χ1) is 9.76. The van der Waals surface area contributed by atoms with Gasteiger partial charge in [-0.15, -0.1) is 0 Å². The van der Waals surface area contributed by atoms with Crippen LogP contribution < -0.4 is 14.8 Å². The molecule has 2 aromatic rings. The third kappa shape index (κ3) is 3.52. The van der Waals surface area contributed by atoms with Crippen molar-refractivity contribution in [2.75, 3.05) is 14.2 Å². The van der Waals surface area contributed by atoms with Crippen LogP contribution in [0, 0.1) is 0 Å². The van der Waals surface area contributed by atoms with Crippen LogP contribution in [0.5, 0.6) is 17.2 Å². The first-order valence-electron chi connectivity index (χ1n) is 6.86. The molecule has 1 atom stereocenters. The molecule has 1 unspecified atom stereocenters. The molecule has 0 aliphatic heterocycles. The van der Waals surface area contributed by atoms with Gasteiger partial charge in [0.2, 0.25) is 0 Å². The second kappa shape index (κ2) is 6.96. The van der Waals surface area contributed by atoms with Crippen LogP contribution in [0.2, 0.25) is 0 Å². The standard InChI is InChI=1S/C17H21NO2/c1-4-17(18-2)13-8-10-14(11-9-13)20-16-7-5-6-15(12-16)19-3/h5-12,17-18H,4H2,1-3H3. The molecule has 0 bridgehead atoms. The monoisotopic (exact) mass is 271 g/mol. The van der Waals surface area contributed by atoms with E-state index in [9.17, 15) is 0 Å². The summed E-state index contributed by atoms with van der Waals surface area (Å²) in [7, 11) is 3.63. The molecule has 0 heterocycles.